The number of rotatable bonds is 1. The number of para-hydroxylation sites is 1. The predicted octanol–water partition coefficient (Wildman–Crippen LogP) is 2.37. The summed E-state index contributed by atoms with van der Waals surface area (Å²) in [5.74, 6) is -3.05. The van der Waals surface area contributed by atoms with Gasteiger partial charge in [0.05, 0.1) is 10.7 Å². The number of nitrogens with zero attached hydrogens (tertiary/aromatic N) is 1. The van der Waals surface area contributed by atoms with Gasteiger partial charge in [0, 0.05) is 6.54 Å². The summed E-state index contributed by atoms with van der Waals surface area (Å²) < 4.78 is 37.4. The van der Waals surface area contributed by atoms with Crippen molar-refractivity contribution >= 4 is 23.2 Å². The maximum absolute atomic E-state index is 12.5. The number of hydrogen-bond donors (Lipinski definition) is 1. The quantitative estimate of drug-likeness (QED) is 0.845. The summed E-state index contributed by atoms with van der Waals surface area (Å²) in [6.45, 7) is -0.465. The summed E-state index contributed by atoms with van der Waals surface area (Å²) in [4.78, 5) is 11.6. The Bertz CT molecular complexity index is 449. The van der Waals surface area contributed by atoms with E-state index in [1.165, 1.54) is 12.1 Å². The first-order valence-corrected chi connectivity index (χ1v) is 5.18. The van der Waals surface area contributed by atoms with E-state index in [4.69, 9.17) is 11.6 Å². The molecule has 17 heavy (non-hydrogen) atoms. The molecular formula is C10H8ClF3N2O. The molecule has 0 spiro atoms. The van der Waals surface area contributed by atoms with E-state index in [9.17, 15) is 18.0 Å². The third kappa shape index (κ3) is 2.23. The van der Waals surface area contributed by atoms with Gasteiger partial charge in [0.15, 0.2) is 0 Å². The van der Waals surface area contributed by atoms with Crippen LogP contribution in [0.5, 0.6) is 0 Å². The minimum Gasteiger partial charge on any atom is -0.272 e. The highest BCUT2D eigenvalue weighted by Crippen LogP contribution is 2.34. The van der Waals surface area contributed by atoms with Crippen LogP contribution in [0.2, 0.25) is 5.02 Å². The molecule has 2 rings (SSSR count). The molecule has 0 saturated carbocycles. The second-order valence-electron chi connectivity index (χ2n) is 3.58. The lowest BCUT2D eigenvalue weighted by molar-refractivity contribution is -0.174. The van der Waals surface area contributed by atoms with E-state index < -0.39 is 24.5 Å². The van der Waals surface area contributed by atoms with Crippen molar-refractivity contribution in [3.8, 4) is 0 Å². The number of carbonyl (C=O) groups is 1. The largest absolute Gasteiger partial charge is 0.401 e. The lowest BCUT2D eigenvalue weighted by atomic mass is 10.1. The standard InChI is InChI=1S/C10H8ClF3N2O/c11-7-3-1-2-4-8(7)16-9(17)6(5-15-16)10(12,13)14/h1-4,6,15H,5H2. The first-order valence-electron chi connectivity index (χ1n) is 4.80. The molecule has 1 N–H and O–H groups in total. The number of alkyl halides is 3. The molecular weight excluding hydrogens is 257 g/mol. The van der Waals surface area contributed by atoms with Gasteiger partial charge in [-0.25, -0.2) is 10.4 Å². The van der Waals surface area contributed by atoms with Gasteiger partial charge in [-0.1, -0.05) is 23.7 Å². The van der Waals surface area contributed by atoms with Crippen molar-refractivity contribution in [1.82, 2.24) is 5.43 Å². The van der Waals surface area contributed by atoms with Crippen LogP contribution in [0.3, 0.4) is 0 Å². The Balaban J connectivity index is 2.27. The van der Waals surface area contributed by atoms with E-state index in [1.54, 1.807) is 12.1 Å². The highest BCUT2D eigenvalue weighted by molar-refractivity contribution is 6.33. The van der Waals surface area contributed by atoms with Crippen LogP contribution in [0.1, 0.15) is 0 Å². The van der Waals surface area contributed by atoms with E-state index in [0.717, 1.165) is 5.01 Å². The number of nitrogens with one attached hydrogen (secondary N) is 1. The topological polar surface area (TPSA) is 32.3 Å². The zero-order chi connectivity index (χ0) is 12.6. The van der Waals surface area contributed by atoms with E-state index in [1.807, 2.05) is 0 Å². The molecule has 3 nitrogen and oxygen atoms in total. The van der Waals surface area contributed by atoms with Crippen molar-refractivity contribution in [2.45, 2.75) is 6.18 Å². The lowest BCUT2D eigenvalue weighted by Gasteiger charge is -2.18. The van der Waals surface area contributed by atoms with Crippen LogP contribution in [0.15, 0.2) is 24.3 Å². The van der Waals surface area contributed by atoms with Crippen LogP contribution in [0.4, 0.5) is 18.9 Å². The number of hydrogen-bond acceptors (Lipinski definition) is 2. The number of carbonyl (C=O) groups excluding carboxylic acids is 1. The summed E-state index contributed by atoms with van der Waals surface area (Å²) in [7, 11) is 0. The Labute approximate surface area is 100 Å². The fraction of sp³-hybridized carbons (Fsp3) is 0.300. The van der Waals surface area contributed by atoms with E-state index in [0.29, 0.717) is 0 Å². The summed E-state index contributed by atoms with van der Waals surface area (Å²) in [6, 6.07) is 6.21. The van der Waals surface area contributed by atoms with Gasteiger partial charge < -0.3 is 0 Å². The van der Waals surface area contributed by atoms with Crippen molar-refractivity contribution < 1.29 is 18.0 Å². The maximum Gasteiger partial charge on any atom is 0.401 e. The first kappa shape index (κ1) is 12.2. The lowest BCUT2D eigenvalue weighted by Crippen LogP contribution is -2.36. The van der Waals surface area contributed by atoms with Crippen LogP contribution in [-0.2, 0) is 4.79 Å². The minimum atomic E-state index is -4.54. The molecule has 0 bridgehead atoms. The zero-order valence-corrected chi connectivity index (χ0v) is 9.22. The first-order chi connectivity index (χ1) is 7.91. The highest BCUT2D eigenvalue weighted by atomic mass is 35.5. The molecule has 1 aromatic rings. The van der Waals surface area contributed by atoms with Gasteiger partial charge in [0.25, 0.3) is 5.91 Å². The molecule has 0 aromatic heterocycles. The predicted molar refractivity (Wildman–Crippen MR) is 56.5 cm³/mol. The monoisotopic (exact) mass is 264 g/mol. The Morgan fingerprint density at radius 1 is 1.35 bits per heavy atom. The van der Waals surface area contributed by atoms with E-state index in [-0.39, 0.29) is 10.7 Å². The van der Waals surface area contributed by atoms with Gasteiger partial charge in [0.1, 0.15) is 5.92 Å². The van der Waals surface area contributed by atoms with Crippen LogP contribution in [-0.4, -0.2) is 18.6 Å². The zero-order valence-electron chi connectivity index (χ0n) is 8.46. The molecule has 92 valence electrons. The summed E-state index contributed by atoms with van der Waals surface area (Å²) >= 11 is 5.82. The normalized spacial score (nSPS) is 21.1. The molecule has 1 fully saturated rings. The van der Waals surface area contributed by atoms with Crippen LogP contribution >= 0.6 is 11.6 Å². The second-order valence-corrected chi connectivity index (χ2v) is 3.99. The van der Waals surface area contributed by atoms with Crippen LogP contribution in [0.25, 0.3) is 0 Å². The Morgan fingerprint density at radius 2 is 2.00 bits per heavy atom. The number of amides is 1. The molecule has 1 aliphatic rings. The maximum atomic E-state index is 12.5. The smallest absolute Gasteiger partial charge is 0.272 e. The number of halogens is 4. The average molecular weight is 265 g/mol. The Kier molecular flexibility index (Phi) is 3.01. The van der Waals surface area contributed by atoms with Crippen molar-refractivity contribution in [2.75, 3.05) is 11.6 Å². The van der Waals surface area contributed by atoms with E-state index in [2.05, 4.69) is 5.43 Å². The molecule has 0 aliphatic carbocycles. The SMILES string of the molecule is O=C1C(C(F)(F)F)CNN1c1ccccc1Cl. The van der Waals surface area contributed by atoms with Gasteiger partial charge in [0.2, 0.25) is 0 Å². The molecule has 1 atom stereocenters. The molecule has 1 amide bonds. The summed E-state index contributed by atoms with van der Waals surface area (Å²) in [6.07, 6.45) is -4.54. The van der Waals surface area contributed by atoms with Crippen LogP contribution in [0, 0.1) is 5.92 Å². The Hall–Kier alpha value is -1.27. The van der Waals surface area contributed by atoms with Crippen molar-refractivity contribution in [3.63, 3.8) is 0 Å². The van der Waals surface area contributed by atoms with Gasteiger partial charge in [-0.3, -0.25) is 4.79 Å². The molecule has 7 heteroatoms. The minimum absolute atomic E-state index is 0.219. The van der Waals surface area contributed by atoms with Crippen molar-refractivity contribution in [3.05, 3.63) is 29.3 Å². The summed E-state index contributed by atoms with van der Waals surface area (Å²) in [5.41, 5.74) is 2.63. The average Bonchev–Trinajstić information content (AvgIpc) is 2.60. The van der Waals surface area contributed by atoms with E-state index >= 15 is 0 Å². The third-order valence-corrected chi connectivity index (χ3v) is 2.78. The molecule has 1 aromatic carbocycles. The van der Waals surface area contributed by atoms with Gasteiger partial charge in [-0.15, -0.1) is 0 Å². The Morgan fingerprint density at radius 3 is 2.53 bits per heavy atom. The molecule has 1 saturated heterocycles. The molecule has 0 radical (unpaired) electrons. The van der Waals surface area contributed by atoms with Crippen molar-refractivity contribution in [1.29, 1.82) is 0 Å². The molecule has 1 aliphatic heterocycles. The number of anilines is 1. The second kappa shape index (κ2) is 4.19. The fourth-order valence-electron chi connectivity index (χ4n) is 1.60. The third-order valence-electron chi connectivity index (χ3n) is 2.46. The van der Waals surface area contributed by atoms with Crippen LogP contribution < -0.4 is 10.4 Å². The summed E-state index contributed by atoms with van der Waals surface area (Å²) in [5, 5.41) is 1.07. The van der Waals surface area contributed by atoms with Gasteiger partial charge >= 0.3 is 6.18 Å². The number of hydrazine groups is 1. The molecule has 1 unspecified atom stereocenters. The fourth-order valence-corrected chi connectivity index (χ4v) is 1.82. The number of benzene rings is 1. The van der Waals surface area contributed by atoms with Gasteiger partial charge in [-0.2, -0.15) is 13.2 Å². The molecule has 1 heterocycles. The van der Waals surface area contributed by atoms with Gasteiger partial charge in [-0.05, 0) is 12.1 Å². The highest BCUT2D eigenvalue weighted by Gasteiger charge is 2.50. The van der Waals surface area contributed by atoms with Crippen molar-refractivity contribution in [2.24, 2.45) is 5.92 Å².